The lowest BCUT2D eigenvalue weighted by molar-refractivity contribution is -0.132. The van der Waals surface area contributed by atoms with Gasteiger partial charge in [0.15, 0.2) is 5.65 Å². The number of rotatable bonds is 4. The van der Waals surface area contributed by atoms with E-state index in [1.807, 2.05) is 29.2 Å². The van der Waals surface area contributed by atoms with Gasteiger partial charge in [0.2, 0.25) is 5.91 Å². The Morgan fingerprint density at radius 1 is 1.12 bits per heavy atom. The molecule has 2 aromatic heterocycles. The van der Waals surface area contributed by atoms with Crippen molar-refractivity contribution in [3.63, 3.8) is 0 Å². The number of likely N-dealkylation sites (tertiary alicyclic amines) is 1. The van der Waals surface area contributed by atoms with Gasteiger partial charge in [-0.2, -0.15) is 0 Å². The number of amides is 1. The van der Waals surface area contributed by atoms with Crippen LogP contribution in [0.3, 0.4) is 0 Å². The van der Waals surface area contributed by atoms with Crippen molar-refractivity contribution in [2.75, 3.05) is 6.54 Å². The van der Waals surface area contributed by atoms with Crippen LogP contribution in [0.1, 0.15) is 18.4 Å². The van der Waals surface area contributed by atoms with Crippen LogP contribution in [-0.4, -0.2) is 37.6 Å². The van der Waals surface area contributed by atoms with E-state index in [1.165, 1.54) is 14.6 Å². The summed E-state index contributed by atoms with van der Waals surface area (Å²) in [7, 11) is 0. The smallest absolute Gasteiger partial charge is 0.338 e. The zero-order chi connectivity index (χ0) is 17.2. The van der Waals surface area contributed by atoms with Crippen LogP contribution in [0.5, 0.6) is 0 Å². The lowest BCUT2D eigenvalue weighted by Gasteiger charge is -2.24. The molecule has 4 rings (SSSR count). The fourth-order valence-electron chi connectivity index (χ4n) is 3.55. The molecule has 0 spiro atoms. The van der Waals surface area contributed by atoms with Crippen LogP contribution < -0.4 is 5.69 Å². The van der Waals surface area contributed by atoms with Crippen LogP contribution >= 0.6 is 0 Å². The highest BCUT2D eigenvalue weighted by Crippen LogP contribution is 2.21. The minimum atomic E-state index is -0.275. The number of fused-ring (bicyclic) bond motifs is 1. The third-order valence-corrected chi connectivity index (χ3v) is 4.79. The van der Waals surface area contributed by atoms with Gasteiger partial charge in [-0.15, -0.1) is 5.10 Å². The minimum Gasteiger partial charge on any atom is -0.338 e. The Labute approximate surface area is 145 Å². The van der Waals surface area contributed by atoms with Gasteiger partial charge in [0.1, 0.15) is 6.54 Å². The Morgan fingerprint density at radius 2 is 1.92 bits per heavy atom. The first kappa shape index (κ1) is 15.6. The van der Waals surface area contributed by atoms with Gasteiger partial charge >= 0.3 is 5.69 Å². The summed E-state index contributed by atoms with van der Waals surface area (Å²) in [5.41, 5.74) is 1.52. The second-order valence-corrected chi connectivity index (χ2v) is 6.44. The number of carbonyl (C=O) groups excluding carboxylic acids is 1. The van der Waals surface area contributed by atoms with Crippen LogP contribution in [0, 0.1) is 0 Å². The zero-order valence-electron chi connectivity index (χ0n) is 13.9. The molecule has 6 nitrogen and oxygen atoms in total. The summed E-state index contributed by atoms with van der Waals surface area (Å²) >= 11 is 0. The highest BCUT2D eigenvalue weighted by Gasteiger charge is 2.29. The van der Waals surface area contributed by atoms with E-state index in [9.17, 15) is 9.59 Å². The van der Waals surface area contributed by atoms with Gasteiger partial charge in [0.25, 0.3) is 0 Å². The molecule has 0 aliphatic carbocycles. The molecule has 1 fully saturated rings. The molecule has 0 radical (unpaired) electrons. The quantitative estimate of drug-likeness (QED) is 0.729. The summed E-state index contributed by atoms with van der Waals surface area (Å²) < 4.78 is 2.72. The molecule has 6 heteroatoms. The average Bonchev–Trinajstić information content (AvgIpc) is 3.21. The highest BCUT2D eigenvalue weighted by molar-refractivity contribution is 5.76. The average molecular weight is 336 g/mol. The second-order valence-electron chi connectivity index (χ2n) is 6.44. The number of pyridine rings is 1. The largest absolute Gasteiger partial charge is 0.350 e. The molecular formula is C19H20N4O2. The molecule has 25 heavy (non-hydrogen) atoms. The van der Waals surface area contributed by atoms with Crippen LogP contribution in [0.2, 0.25) is 0 Å². The summed E-state index contributed by atoms with van der Waals surface area (Å²) in [6, 6.07) is 15.8. The number of aromatic nitrogens is 3. The van der Waals surface area contributed by atoms with Crippen molar-refractivity contribution in [2.45, 2.75) is 31.8 Å². The number of hydrogen-bond acceptors (Lipinski definition) is 3. The van der Waals surface area contributed by atoms with Gasteiger partial charge in [0, 0.05) is 18.8 Å². The number of benzene rings is 1. The van der Waals surface area contributed by atoms with Gasteiger partial charge in [-0.25, -0.2) is 9.48 Å². The van der Waals surface area contributed by atoms with Crippen molar-refractivity contribution < 1.29 is 4.79 Å². The molecule has 0 bridgehead atoms. The van der Waals surface area contributed by atoms with E-state index < -0.39 is 0 Å². The lowest BCUT2D eigenvalue weighted by Crippen LogP contribution is -2.40. The fraction of sp³-hybridized carbons (Fsp3) is 0.316. The molecule has 1 aromatic carbocycles. The van der Waals surface area contributed by atoms with Crippen molar-refractivity contribution in [3.05, 3.63) is 70.8 Å². The molecule has 1 aliphatic rings. The zero-order valence-corrected chi connectivity index (χ0v) is 13.9. The van der Waals surface area contributed by atoms with E-state index >= 15 is 0 Å². The van der Waals surface area contributed by atoms with Gasteiger partial charge in [0.05, 0.1) is 0 Å². The number of hydrogen-bond donors (Lipinski definition) is 0. The second kappa shape index (κ2) is 6.55. The molecule has 3 heterocycles. The molecule has 0 saturated carbocycles. The molecule has 0 N–H and O–H groups in total. The Kier molecular flexibility index (Phi) is 4.09. The number of carbonyl (C=O) groups is 1. The van der Waals surface area contributed by atoms with Crippen molar-refractivity contribution in [3.8, 4) is 0 Å². The molecular weight excluding hydrogens is 316 g/mol. The van der Waals surface area contributed by atoms with E-state index in [1.54, 1.807) is 18.3 Å². The summed E-state index contributed by atoms with van der Waals surface area (Å²) in [4.78, 5) is 27.0. The van der Waals surface area contributed by atoms with Crippen molar-refractivity contribution in [1.29, 1.82) is 0 Å². The maximum atomic E-state index is 12.8. The summed E-state index contributed by atoms with van der Waals surface area (Å²) in [5, 5.41) is 4.25. The molecule has 1 amide bonds. The van der Waals surface area contributed by atoms with Crippen molar-refractivity contribution >= 4 is 11.6 Å². The van der Waals surface area contributed by atoms with Crippen molar-refractivity contribution in [1.82, 2.24) is 19.1 Å². The number of nitrogens with zero attached hydrogens (tertiary/aromatic N) is 4. The Bertz CT molecular complexity index is 945. The summed E-state index contributed by atoms with van der Waals surface area (Å²) in [6.45, 7) is 0.740. The van der Waals surface area contributed by atoms with Crippen LogP contribution in [-0.2, 0) is 17.8 Å². The monoisotopic (exact) mass is 336 g/mol. The van der Waals surface area contributed by atoms with E-state index in [-0.39, 0.29) is 24.2 Å². The standard InChI is InChI=1S/C19H20N4O2/c24-18(14-23-19(25)22-11-5-4-10-17(22)20-23)21-12-6-9-16(21)13-15-7-2-1-3-8-15/h1-5,7-8,10-11,16H,6,9,12-14H2. The molecule has 1 saturated heterocycles. The van der Waals surface area contributed by atoms with Gasteiger partial charge in [-0.05, 0) is 37.0 Å². The maximum absolute atomic E-state index is 12.8. The lowest BCUT2D eigenvalue weighted by atomic mass is 10.0. The van der Waals surface area contributed by atoms with Gasteiger partial charge in [-0.1, -0.05) is 36.4 Å². The van der Waals surface area contributed by atoms with Gasteiger partial charge < -0.3 is 4.90 Å². The molecule has 1 unspecified atom stereocenters. The van der Waals surface area contributed by atoms with E-state index in [2.05, 4.69) is 17.2 Å². The summed E-state index contributed by atoms with van der Waals surface area (Å²) in [5.74, 6) is -0.0380. The summed E-state index contributed by atoms with van der Waals surface area (Å²) in [6.07, 6.45) is 4.52. The van der Waals surface area contributed by atoms with Crippen molar-refractivity contribution in [2.24, 2.45) is 0 Å². The maximum Gasteiger partial charge on any atom is 0.350 e. The fourth-order valence-corrected chi connectivity index (χ4v) is 3.55. The first-order valence-electron chi connectivity index (χ1n) is 8.60. The minimum absolute atomic E-state index is 0.00813. The topological polar surface area (TPSA) is 59.6 Å². The predicted octanol–water partition coefficient (Wildman–Crippen LogP) is 1.73. The Hall–Kier alpha value is -2.89. The predicted molar refractivity (Wildman–Crippen MR) is 94.3 cm³/mol. The Balaban J connectivity index is 1.51. The third kappa shape index (κ3) is 3.07. The first-order valence-corrected chi connectivity index (χ1v) is 8.60. The van der Waals surface area contributed by atoms with Gasteiger partial charge in [-0.3, -0.25) is 9.20 Å². The first-order chi connectivity index (χ1) is 12.2. The Morgan fingerprint density at radius 3 is 2.72 bits per heavy atom. The van der Waals surface area contributed by atoms with Crippen LogP contribution in [0.25, 0.3) is 5.65 Å². The van der Waals surface area contributed by atoms with Crippen LogP contribution in [0.15, 0.2) is 59.5 Å². The molecule has 1 atom stereocenters. The normalized spacial score (nSPS) is 17.3. The van der Waals surface area contributed by atoms with E-state index in [0.29, 0.717) is 5.65 Å². The SMILES string of the molecule is O=C(Cn1nc2ccccn2c1=O)N1CCCC1Cc1ccccc1. The van der Waals surface area contributed by atoms with E-state index in [4.69, 9.17) is 0 Å². The highest BCUT2D eigenvalue weighted by atomic mass is 16.2. The molecule has 128 valence electrons. The molecule has 3 aromatic rings. The third-order valence-electron chi connectivity index (χ3n) is 4.79. The molecule has 1 aliphatic heterocycles. The van der Waals surface area contributed by atoms with Crippen LogP contribution in [0.4, 0.5) is 0 Å². The van der Waals surface area contributed by atoms with E-state index in [0.717, 1.165) is 25.8 Å².